The maximum absolute atomic E-state index is 12.2. The number of carbonyl (C=O) groups is 1. The number of aryl methyl sites for hydroxylation is 1. The zero-order valence-corrected chi connectivity index (χ0v) is 14.1. The number of sulfone groups is 1. The van der Waals surface area contributed by atoms with Gasteiger partial charge >= 0.3 is 5.97 Å². The Morgan fingerprint density at radius 2 is 1.71 bits per heavy atom. The maximum atomic E-state index is 12.2. The van der Waals surface area contributed by atoms with Crippen LogP contribution in [0.15, 0.2) is 54.6 Å². The molecule has 2 atom stereocenters. The Morgan fingerprint density at radius 1 is 1.04 bits per heavy atom. The molecule has 0 unspecified atom stereocenters. The molecule has 1 fully saturated rings. The van der Waals surface area contributed by atoms with Crippen LogP contribution in [0.25, 0.3) is 0 Å². The lowest BCUT2D eigenvalue weighted by atomic mass is 10.1. The second-order valence-electron chi connectivity index (χ2n) is 6.00. The number of benzene rings is 2. The molecule has 1 saturated heterocycles. The number of carbonyl (C=O) groups excluding carboxylic acids is 1. The van der Waals surface area contributed by atoms with E-state index in [1.165, 1.54) is 0 Å². The highest BCUT2D eigenvalue weighted by Gasteiger charge is 2.40. The highest BCUT2D eigenvalue weighted by Crippen LogP contribution is 2.22. The number of ether oxygens (including phenoxy) is 1. The van der Waals surface area contributed by atoms with Gasteiger partial charge in [-0.25, -0.2) is 13.2 Å². The Kier molecular flexibility index (Phi) is 4.57. The number of anilines is 1. The first-order valence-electron chi connectivity index (χ1n) is 7.73. The summed E-state index contributed by atoms with van der Waals surface area (Å²) < 4.78 is 29.4. The van der Waals surface area contributed by atoms with Gasteiger partial charge in [0.25, 0.3) is 0 Å². The van der Waals surface area contributed by atoms with Gasteiger partial charge in [0.1, 0.15) is 6.10 Å². The predicted molar refractivity (Wildman–Crippen MR) is 92.9 cm³/mol. The molecule has 0 saturated carbocycles. The molecule has 2 aromatic rings. The SMILES string of the molecule is Cc1ccc(N[C@H]2CS(=O)(=O)C[C@@H]2OC(=O)c2ccccc2)cc1. The Labute approximate surface area is 141 Å². The summed E-state index contributed by atoms with van der Waals surface area (Å²) in [6, 6.07) is 15.8. The van der Waals surface area contributed by atoms with E-state index >= 15 is 0 Å². The van der Waals surface area contributed by atoms with Crippen molar-refractivity contribution in [3.8, 4) is 0 Å². The Morgan fingerprint density at radius 3 is 2.38 bits per heavy atom. The van der Waals surface area contributed by atoms with Crippen LogP contribution >= 0.6 is 0 Å². The number of hydrogen-bond donors (Lipinski definition) is 1. The van der Waals surface area contributed by atoms with Crippen molar-refractivity contribution in [2.75, 3.05) is 16.8 Å². The largest absolute Gasteiger partial charge is 0.455 e. The van der Waals surface area contributed by atoms with Crippen LogP contribution in [0.1, 0.15) is 15.9 Å². The van der Waals surface area contributed by atoms with Crippen LogP contribution in [0.5, 0.6) is 0 Å². The smallest absolute Gasteiger partial charge is 0.338 e. The highest BCUT2D eigenvalue weighted by atomic mass is 32.2. The van der Waals surface area contributed by atoms with Crippen molar-refractivity contribution in [1.82, 2.24) is 0 Å². The molecular weight excluding hydrogens is 326 g/mol. The molecule has 126 valence electrons. The first kappa shape index (κ1) is 16.5. The minimum Gasteiger partial charge on any atom is -0.455 e. The van der Waals surface area contributed by atoms with Gasteiger partial charge in [-0.05, 0) is 31.2 Å². The van der Waals surface area contributed by atoms with Crippen LogP contribution in [-0.4, -0.2) is 38.0 Å². The molecule has 0 aliphatic carbocycles. The van der Waals surface area contributed by atoms with E-state index in [0.29, 0.717) is 5.56 Å². The Balaban J connectivity index is 1.74. The molecular formula is C18H19NO4S. The van der Waals surface area contributed by atoms with Crippen molar-refractivity contribution in [3.63, 3.8) is 0 Å². The molecule has 0 radical (unpaired) electrons. The minimum absolute atomic E-state index is 0.0480. The van der Waals surface area contributed by atoms with Gasteiger partial charge in [-0.15, -0.1) is 0 Å². The molecule has 3 rings (SSSR count). The summed E-state index contributed by atoms with van der Waals surface area (Å²) in [6.45, 7) is 1.98. The third-order valence-corrected chi connectivity index (χ3v) is 5.68. The zero-order chi connectivity index (χ0) is 17.2. The Hall–Kier alpha value is -2.34. The second-order valence-corrected chi connectivity index (χ2v) is 8.16. The van der Waals surface area contributed by atoms with Crippen molar-refractivity contribution in [1.29, 1.82) is 0 Å². The lowest BCUT2D eigenvalue weighted by Crippen LogP contribution is -2.35. The third kappa shape index (κ3) is 3.94. The summed E-state index contributed by atoms with van der Waals surface area (Å²) in [7, 11) is -3.24. The normalized spacial score (nSPS) is 22.0. The minimum atomic E-state index is -3.24. The summed E-state index contributed by atoms with van der Waals surface area (Å²) in [6.07, 6.45) is -0.705. The molecule has 5 nitrogen and oxygen atoms in total. The van der Waals surface area contributed by atoms with Gasteiger partial charge in [-0.3, -0.25) is 0 Å². The number of nitrogens with one attached hydrogen (secondary N) is 1. The van der Waals surface area contributed by atoms with Crippen molar-refractivity contribution < 1.29 is 17.9 Å². The van der Waals surface area contributed by atoms with E-state index in [4.69, 9.17) is 4.74 Å². The number of hydrogen-bond acceptors (Lipinski definition) is 5. The maximum Gasteiger partial charge on any atom is 0.338 e. The lowest BCUT2D eigenvalue weighted by molar-refractivity contribution is 0.0337. The van der Waals surface area contributed by atoms with E-state index in [2.05, 4.69) is 5.32 Å². The topological polar surface area (TPSA) is 72.5 Å². The van der Waals surface area contributed by atoms with Gasteiger partial charge in [0.15, 0.2) is 9.84 Å². The lowest BCUT2D eigenvalue weighted by Gasteiger charge is -2.21. The van der Waals surface area contributed by atoms with Gasteiger partial charge in [0.2, 0.25) is 0 Å². The van der Waals surface area contributed by atoms with E-state index in [-0.39, 0.29) is 11.5 Å². The van der Waals surface area contributed by atoms with Gasteiger partial charge in [-0.2, -0.15) is 0 Å². The fraction of sp³-hybridized carbons (Fsp3) is 0.278. The summed E-state index contributed by atoms with van der Waals surface area (Å²) in [5.74, 6) is -0.712. The number of esters is 1. The van der Waals surface area contributed by atoms with Crippen LogP contribution in [0, 0.1) is 6.92 Å². The van der Waals surface area contributed by atoms with Gasteiger partial charge in [0, 0.05) is 5.69 Å². The summed E-state index contributed by atoms with van der Waals surface area (Å²) >= 11 is 0. The fourth-order valence-corrected chi connectivity index (χ4v) is 4.49. The fourth-order valence-electron chi connectivity index (χ4n) is 2.71. The van der Waals surface area contributed by atoms with E-state index in [1.54, 1.807) is 30.3 Å². The molecule has 6 heteroatoms. The molecule has 0 bridgehead atoms. The van der Waals surface area contributed by atoms with E-state index < -0.39 is 28.0 Å². The van der Waals surface area contributed by atoms with Gasteiger partial charge in [0.05, 0.1) is 23.1 Å². The molecule has 1 N–H and O–H groups in total. The van der Waals surface area contributed by atoms with Gasteiger partial charge in [-0.1, -0.05) is 35.9 Å². The zero-order valence-electron chi connectivity index (χ0n) is 13.3. The van der Waals surface area contributed by atoms with E-state index in [0.717, 1.165) is 11.3 Å². The molecule has 2 aromatic carbocycles. The Bertz CT molecular complexity index is 816. The standard InChI is InChI=1S/C18H19NO4S/c1-13-7-9-15(10-8-13)19-16-11-24(21,22)12-17(16)23-18(20)14-5-3-2-4-6-14/h2-10,16-17,19H,11-12H2,1H3/t16-,17-/m0/s1. The van der Waals surface area contributed by atoms with Gasteiger partial charge < -0.3 is 10.1 Å². The van der Waals surface area contributed by atoms with Crippen LogP contribution in [-0.2, 0) is 14.6 Å². The van der Waals surface area contributed by atoms with Crippen LogP contribution < -0.4 is 5.32 Å². The van der Waals surface area contributed by atoms with Crippen LogP contribution in [0.3, 0.4) is 0 Å². The first-order chi connectivity index (χ1) is 11.4. The van der Waals surface area contributed by atoms with Crippen LogP contribution in [0.4, 0.5) is 5.69 Å². The number of rotatable bonds is 4. The molecule has 1 aliphatic rings. The van der Waals surface area contributed by atoms with Crippen molar-refractivity contribution in [2.45, 2.75) is 19.1 Å². The van der Waals surface area contributed by atoms with Crippen LogP contribution in [0.2, 0.25) is 0 Å². The first-order valence-corrected chi connectivity index (χ1v) is 9.55. The molecule has 1 heterocycles. The molecule has 0 spiro atoms. The summed E-state index contributed by atoms with van der Waals surface area (Å²) in [5.41, 5.74) is 2.34. The molecule has 24 heavy (non-hydrogen) atoms. The van der Waals surface area contributed by atoms with Crippen molar-refractivity contribution in [3.05, 3.63) is 65.7 Å². The van der Waals surface area contributed by atoms with E-state index in [1.807, 2.05) is 31.2 Å². The predicted octanol–water partition coefficient (Wildman–Crippen LogP) is 2.43. The average Bonchev–Trinajstić information content (AvgIpc) is 2.84. The van der Waals surface area contributed by atoms with Crippen molar-refractivity contribution in [2.24, 2.45) is 0 Å². The molecule has 0 amide bonds. The summed E-state index contributed by atoms with van der Waals surface area (Å²) in [5, 5.41) is 3.17. The molecule has 1 aliphatic heterocycles. The molecule has 0 aromatic heterocycles. The summed E-state index contributed by atoms with van der Waals surface area (Å²) in [4.78, 5) is 12.2. The van der Waals surface area contributed by atoms with Crippen molar-refractivity contribution >= 4 is 21.5 Å². The highest BCUT2D eigenvalue weighted by molar-refractivity contribution is 7.91. The average molecular weight is 345 g/mol. The quantitative estimate of drug-likeness (QED) is 0.862. The second kappa shape index (κ2) is 6.65. The monoisotopic (exact) mass is 345 g/mol. The van der Waals surface area contributed by atoms with E-state index in [9.17, 15) is 13.2 Å². The third-order valence-electron chi connectivity index (χ3n) is 3.97.